The van der Waals surface area contributed by atoms with Gasteiger partial charge in [0.25, 0.3) is 0 Å². The molecule has 3 N–H and O–H groups in total. The number of anilines is 1. The molecular weight excluding hydrogens is 352 g/mol. The molecule has 4 nitrogen and oxygen atoms in total. The summed E-state index contributed by atoms with van der Waals surface area (Å²) in [4.78, 5) is 8.14. The maximum atomic E-state index is 5.47. The number of H-pyrrole nitrogens is 1. The molecule has 0 aliphatic rings. The lowest BCUT2D eigenvalue weighted by Crippen LogP contribution is -2.28. The van der Waals surface area contributed by atoms with E-state index in [2.05, 4.69) is 46.8 Å². The molecule has 134 valence electrons. The first kappa shape index (κ1) is 17.2. The van der Waals surface area contributed by atoms with Crippen LogP contribution in [0.25, 0.3) is 22.4 Å². The lowest BCUT2D eigenvalue weighted by molar-refractivity contribution is 0.926. The Morgan fingerprint density at radius 2 is 1.78 bits per heavy atom. The number of nitrogens with zero attached hydrogens (tertiary/aromatic N) is 1. The van der Waals surface area contributed by atoms with Crippen LogP contribution in [0, 0.1) is 6.92 Å². The molecule has 0 fully saturated rings. The highest BCUT2D eigenvalue weighted by atomic mass is 32.1. The zero-order valence-electron chi connectivity index (χ0n) is 15.0. The molecule has 1 heterocycles. The SMILES string of the molecule is Cc1ccc2nc(-c3ccccc3NC(=S)NCc3ccccc3)[nH]c2c1. The number of fused-ring (bicyclic) bond motifs is 1. The summed E-state index contributed by atoms with van der Waals surface area (Å²) in [6, 6.07) is 24.4. The topological polar surface area (TPSA) is 52.7 Å². The zero-order valence-corrected chi connectivity index (χ0v) is 15.8. The van der Waals surface area contributed by atoms with Gasteiger partial charge in [-0.3, -0.25) is 0 Å². The molecule has 0 saturated carbocycles. The summed E-state index contributed by atoms with van der Waals surface area (Å²) in [6.07, 6.45) is 0. The van der Waals surface area contributed by atoms with Gasteiger partial charge in [-0.15, -0.1) is 0 Å². The van der Waals surface area contributed by atoms with Gasteiger partial charge < -0.3 is 15.6 Å². The van der Waals surface area contributed by atoms with Gasteiger partial charge in [0, 0.05) is 12.1 Å². The Kier molecular flexibility index (Phi) is 4.85. The van der Waals surface area contributed by atoms with E-state index in [9.17, 15) is 0 Å². The second-order valence-corrected chi connectivity index (χ2v) is 6.85. The van der Waals surface area contributed by atoms with E-state index in [0.717, 1.165) is 28.1 Å². The van der Waals surface area contributed by atoms with E-state index < -0.39 is 0 Å². The van der Waals surface area contributed by atoms with E-state index in [1.165, 1.54) is 11.1 Å². The number of hydrogen-bond acceptors (Lipinski definition) is 2. The van der Waals surface area contributed by atoms with Gasteiger partial charge in [0.15, 0.2) is 5.11 Å². The first-order valence-corrected chi connectivity index (χ1v) is 9.24. The predicted molar refractivity (Wildman–Crippen MR) is 116 cm³/mol. The molecule has 3 aromatic carbocycles. The average Bonchev–Trinajstić information content (AvgIpc) is 3.10. The van der Waals surface area contributed by atoms with Gasteiger partial charge in [-0.2, -0.15) is 0 Å². The molecular formula is C22H20N4S. The fourth-order valence-electron chi connectivity index (χ4n) is 2.99. The lowest BCUT2D eigenvalue weighted by atomic mass is 10.1. The van der Waals surface area contributed by atoms with Crippen LogP contribution >= 0.6 is 12.2 Å². The molecule has 27 heavy (non-hydrogen) atoms. The number of hydrogen-bond donors (Lipinski definition) is 3. The van der Waals surface area contributed by atoms with Crippen molar-refractivity contribution in [3.63, 3.8) is 0 Å². The molecule has 4 rings (SSSR count). The first-order chi connectivity index (χ1) is 13.2. The highest BCUT2D eigenvalue weighted by molar-refractivity contribution is 7.80. The van der Waals surface area contributed by atoms with Gasteiger partial charge >= 0.3 is 0 Å². The van der Waals surface area contributed by atoms with Crippen LogP contribution in [0.5, 0.6) is 0 Å². The second-order valence-electron chi connectivity index (χ2n) is 6.44. The number of benzene rings is 3. The van der Waals surface area contributed by atoms with Crippen molar-refractivity contribution < 1.29 is 0 Å². The second kappa shape index (κ2) is 7.60. The largest absolute Gasteiger partial charge is 0.358 e. The molecule has 0 saturated heterocycles. The number of thiocarbonyl (C=S) groups is 1. The zero-order chi connectivity index (χ0) is 18.6. The fraction of sp³-hybridized carbons (Fsp3) is 0.0909. The summed E-state index contributed by atoms with van der Waals surface area (Å²) in [5, 5.41) is 7.13. The average molecular weight is 372 g/mol. The predicted octanol–water partition coefficient (Wildman–Crippen LogP) is 5.02. The summed E-state index contributed by atoms with van der Waals surface area (Å²) < 4.78 is 0. The van der Waals surface area contributed by atoms with Crippen molar-refractivity contribution in [3.8, 4) is 11.4 Å². The summed E-state index contributed by atoms with van der Waals surface area (Å²) >= 11 is 5.47. The van der Waals surface area contributed by atoms with Crippen LogP contribution in [0.2, 0.25) is 0 Å². The Morgan fingerprint density at radius 3 is 2.63 bits per heavy atom. The summed E-state index contributed by atoms with van der Waals surface area (Å²) in [5.74, 6) is 0.824. The molecule has 5 heteroatoms. The highest BCUT2D eigenvalue weighted by Gasteiger charge is 2.10. The molecule has 0 bridgehead atoms. The maximum absolute atomic E-state index is 5.47. The molecule has 0 amide bonds. The van der Waals surface area contributed by atoms with Crippen LogP contribution in [0.4, 0.5) is 5.69 Å². The normalized spacial score (nSPS) is 10.7. The van der Waals surface area contributed by atoms with Gasteiger partial charge in [0.1, 0.15) is 5.82 Å². The summed E-state index contributed by atoms with van der Waals surface area (Å²) in [6.45, 7) is 2.76. The van der Waals surface area contributed by atoms with Crippen molar-refractivity contribution in [2.75, 3.05) is 5.32 Å². The number of nitrogens with one attached hydrogen (secondary N) is 3. The van der Waals surface area contributed by atoms with Crippen molar-refractivity contribution in [2.24, 2.45) is 0 Å². The number of aromatic amines is 1. The minimum absolute atomic E-state index is 0.582. The molecule has 0 spiro atoms. The smallest absolute Gasteiger partial charge is 0.171 e. The minimum atomic E-state index is 0.582. The maximum Gasteiger partial charge on any atom is 0.171 e. The van der Waals surface area contributed by atoms with E-state index in [0.29, 0.717) is 11.7 Å². The Bertz CT molecular complexity index is 1090. The molecule has 4 aromatic rings. The van der Waals surface area contributed by atoms with Crippen LogP contribution < -0.4 is 10.6 Å². The third-order valence-electron chi connectivity index (χ3n) is 4.36. The van der Waals surface area contributed by atoms with Crippen LogP contribution in [0.15, 0.2) is 72.8 Å². The van der Waals surface area contributed by atoms with Gasteiger partial charge in [0.05, 0.1) is 16.7 Å². The summed E-state index contributed by atoms with van der Waals surface area (Å²) in [5.41, 5.74) is 6.27. The third-order valence-corrected chi connectivity index (χ3v) is 4.61. The van der Waals surface area contributed by atoms with Gasteiger partial charge in [-0.05, 0) is 54.5 Å². The van der Waals surface area contributed by atoms with Crippen molar-refractivity contribution in [3.05, 3.63) is 83.9 Å². The van der Waals surface area contributed by atoms with Crippen molar-refractivity contribution >= 4 is 34.1 Å². The Morgan fingerprint density at radius 1 is 1.00 bits per heavy atom. The van der Waals surface area contributed by atoms with Gasteiger partial charge in [-0.1, -0.05) is 48.5 Å². The van der Waals surface area contributed by atoms with E-state index in [1.807, 2.05) is 48.5 Å². The van der Waals surface area contributed by atoms with Crippen LogP contribution in [-0.2, 0) is 6.54 Å². The van der Waals surface area contributed by atoms with E-state index >= 15 is 0 Å². The van der Waals surface area contributed by atoms with Crippen molar-refractivity contribution in [1.29, 1.82) is 0 Å². The molecule has 0 aliphatic carbocycles. The number of aryl methyl sites for hydroxylation is 1. The van der Waals surface area contributed by atoms with Gasteiger partial charge in [0.2, 0.25) is 0 Å². The molecule has 1 aromatic heterocycles. The summed E-state index contributed by atoms with van der Waals surface area (Å²) in [7, 11) is 0. The van der Waals surface area contributed by atoms with Crippen molar-refractivity contribution in [2.45, 2.75) is 13.5 Å². The Labute approximate surface area is 163 Å². The Hall–Kier alpha value is -3.18. The Balaban J connectivity index is 1.54. The van der Waals surface area contributed by atoms with Crippen LogP contribution in [-0.4, -0.2) is 15.1 Å². The quantitative estimate of drug-likeness (QED) is 0.440. The van der Waals surface area contributed by atoms with Crippen LogP contribution in [0.1, 0.15) is 11.1 Å². The monoisotopic (exact) mass is 372 g/mol. The molecule has 0 atom stereocenters. The molecule has 0 aliphatic heterocycles. The van der Waals surface area contributed by atoms with E-state index in [4.69, 9.17) is 17.2 Å². The minimum Gasteiger partial charge on any atom is -0.358 e. The number of rotatable bonds is 4. The fourth-order valence-corrected chi connectivity index (χ4v) is 3.18. The lowest BCUT2D eigenvalue weighted by Gasteiger charge is -2.13. The van der Waals surface area contributed by atoms with Crippen molar-refractivity contribution in [1.82, 2.24) is 15.3 Å². The number of aromatic nitrogens is 2. The highest BCUT2D eigenvalue weighted by Crippen LogP contribution is 2.27. The number of para-hydroxylation sites is 1. The van der Waals surface area contributed by atoms with Crippen LogP contribution in [0.3, 0.4) is 0 Å². The third kappa shape index (κ3) is 3.99. The van der Waals surface area contributed by atoms with E-state index in [-0.39, 0.29) is 0 Å². The number of imidazole rings is 1. The molecule has 0 radical (unpaired) electrons. The first-order valence-electron chi connectivity index (χ1n) is 8.83. The molecule has 0 unspecified atom stereocenters. The van der Waals surface area contributed by atoms with Gasteiger partial charge in [-0.25, -0.2) is 4.98 Å². The standard InChI is InChI=1S/C22H20N4S/c1-15-11-12-19-20(13-15)25-21(24-19)17-9-5-6-10-18(17)26-22(27)23-14-16-7-3-2-4-8-16/h2-13H,14H2,1H3,(H,24,25)(H2,23,26,27). The van der Waals surface area contributed by atoms with E-state index in [1.54, 1.807) is 0 Å².